The molecule has 0 aliphatic rings. The summed E-state index contributed by atoms with van der Waals surface area (Å²) in [5.41, 5.74) is 2.89. The molecule has 30 heavy (non-hydrogen) atoms. The number of hydrogen-bond donors (Lipinski definition) is 1. The second kappa shape index (κ2) is 10.7. The maximum atomic E-state index is 13.1. The van der Waals surface area contributed by atoms with E-state index in [-0.39, 0.29) is 31.0 Å². The van der Waals surface area contributed by atoms with Gasteiger partial charge in [-0.05, 0) is 69.5 Å². The van der Waals surface area contributed by atoms with Gasteiger partial charge in [0.25, 0.3) is 5.91 Å². The molecule has 2 rings (SSSR count). The zero-order valence-electron chi connectivity index (χ0n) is 18.7. The molecule has 6 heteroatoms. The van der Waals surface area contributed by atoms with Gasteiger partial charge in [0, 0.05) is 12.6 Å². The molecule has 0 radical (unpaired) electrons. The van der Waals surface area contributed by atoms with E-state index in [0.29, 0.717) is 11.5 Å². The molecular weight excluding hydrogens is 380 g/mol. The standard InChI is InChI=1S/C24H32N2O4/c1-16(2)25-24(28)19(5)26(14-20-8-7-9-21(13-20)29-6)23(27)15-30-22-12-17(3)10-11-18(22)4/h7-13,16,19H,14-15H2,1-6H3,(H,25,28)/t19-/m0/s1. The molecule has 2 aromatic carbocycles. The molecule has 0 bridgehead atoms. The minimum absolute atomic E-state index is 0.0140. The van der Waals surface area contributed by atoms with Gasteiger partial charge in [-0.2, -0.15) is 0 Å². The maximum absolute atomic E-state index is 13.1. The van der Waals surface area contributed by atoms with Crippen molar-refractivity contribution in [3.8, 4) is 11.5 Å². The molecule has 0 aromatic heterocycles. The van der Waals surface area contributed by atoms with Gasteiger partial charge in [-0.3, -0.25) is 9.59 Å². The highest BCUT2D eigenvalue weighted by Crippen LogP contribution is 2.20. The lowest BCUT2D eigenvalue weighted by Gasteiger charge is -2.29. The SMILES string of the molecule is COc1cccc(CN(C(=O)COc2cc(C)ccc2C)[C@@H](C)C(=O)NC(C)C)c1. The van der Waals surface area contributed by atoms with Crippen molar-refractivity contribution in [1.29, 1.82) is 0 Å². The minimum atomic E-state index is -0.645. The summed E-state index contributed by atoms with van der Waals surface area (Å²) < 4.78 is 11.1. The average molecular weight is 413 g/mol. The predicted molar refractivity (Wildman–Crippen MR) is 118 cm³/mol. The van der Waals surface area contributed by atoms with Crippen LogP contribution in [0, 0.1) is 13.8 Å². The highest BCUT2D eigenvalue weighted by molar-refractivity contribution is 5.88. The molecular formula is C24H32N2O4. The first kappa shape index (κ1) is 23.3. The number of nitrogens with one attached hydrogen (secondary N) is 1. The van der Waals surface area contributed by atoms with Crippen LogP contribution >= 0.6 is 0 Å². The third-order valence-electron chi connectivity index (χ3n) is 4.78. The molecule has 0 saturated heterocycles. The number of methoxy groups -OCH3 is 1. The molecule has 0 fully saturated rings. The van der Waals surface area contributed by atoms with Gasteiger partial charge < -0.3 is 19.7 Å². The second-order valence-electron chi connectivity index (χ2n) is 7.77. The number of amides is 2. The Labute approximate surface area is 179 Å². The third-order valence-corrected chi connectivity index (χ3v) is 4.78. The summed E-state index contributed by atoms with van der Waals surface area (Å²) in [6, 6.07) is 12.7. The van der Waals surface area contributed by atoms with E-state index in [4.69, 9.17) is 9.47 Å². The quantitative estimate of drug-likeness (QED) is 0.683. The van der Waals surface area contributed by atoms with E-state index >= 15 is 0 Å². The summed E-state index contributed by atoms with van der Waals surface area (Å²) in [6.45, 7) is 9.55. The Morgan fingerprint density at radius 1 is 1.07 bits per heavy atom. The minimum Gasteiger partial charge on any atom is -0.497 e. The Bertz CT molecular complexity index is 879. The zero-order chi connectivity index (χ0) is 22.3. The summed E-state index contributed by atoms with van der Waals surface area (Å²) in [6.07, 6.45) is 0. The van der Waals surface area contributed by atoms with Crippen LogP contribution in [0.15, 0.2) is 42.5 Å². The number of aryl methyl sites for hydroxylation is 2. The van der Waals surface area contributed by atoms with Crippen LogP contribution < -0.4 is 14.8 Å². The fourth-order valence-corrected chi connectivity index (χ4v) is 3.04. The predicted octanol–water partition coefficient (Wildman–Crippen LogP) is 3.63. The van der Waals surface area contributed by atoms with Crippen molar-refractivity contribution >= 4 is 11.8 Å². The van der Waals surface area contributed by atoms with Crippen molar-refractivity contribution < 1.29 is 19.1 Å². The molecule has 0 unspecified atom stereocenters. The van der Waals surface area contributed by atoms with Gasteiger partial charge in [0.2, 0.25) is 5.91 Å². The summed E-state index contributed by atoms with van der Waals surface area (Å²) in [5.74, 6) is 0.910. The highest BCUT2D eigenvalue weighted by Gasteiger charge is 2.27. The Morgan fingerprint density at radius 2 is 1.80 bits per heavy atom. The first-order valence-electron chi connectivity index (χ1n) is 10.1. The van der Waals surface area contributed by atoms with Crippen LogP contribution in [0.25, 0.3) is 0 Å². The van der Waals surface area contributed by atoms with Crippen LogP contribution in [0.5, 0.6) is 11.5 Å². The van der Waals surface area contributed by atoms with Crippen molar-refractivity contribution in [1.82, 2.24) is 10.2 Å². The van der Waals surface area contributed by atoms with E-state index in [1.165, 1.54) is 4.90 Å². The molecule has 2 amide bonds. The number of hydrogen-bond acceptors (Lipinski definition) is 4. The van der Waals surface area contributed by atoms with Crippen LogP contribution in [0.3, 0.4) is 0 Å². The molecule has 162 valence electrons. The van der Waals surface area contributed by atoms with Crippen molar-refractivity contribution in [3.63, 3.8) is 0 Å². The molecule has 0 heterocycles. The van der Waals surface area contributed by atoms with Gasteiger partial charge in [0.05, 0.1) is 7.11 Å². The summed E-state index contributed by atoms with van der Waals surface area (Å²) in [4.78, 5) is 27.2. The van der Waals surface area contributed by atoms with E-state index < -0.39 is 6.04 Å². The second-order valence-corrected chi connectivity index (χ2v) is 7.77. The monoisotopic (exact) mass is 412 g/mol. The van der Waals surface area contributed by atoms with Crippen molar-refractivity contribution in [2.24, 2.45) is 0 Å². The van der Waals surface area contributed by atoms with E-state index in [1.54, 1.807) is 14.0 Å². The number of rotatable bonds is 9. The Kier molecular flexibility index (Phi) is 8.27. The maximum Gasteiger partial charge on any atom is 0.261 e. The fraction of sp³-hybridized carbons (Fsp3) is 0.417. The van der Waals surface area contributed by atoms with E-state index in [1.807, 2.05) is 70.2 Å². The van der Waals surface area contributed by atoms with E-state index in [2.05, 4.69) is 5.32 Å². The van der Waals surface area contributed by atoms with E-state index in [0.717, 1.165) is 16.7 Å². The fourth-order valence-electron chi connectivity index (χ4n) is 3.04. The van der Waals surface area contributed by atoms with Gasteiger partial charge in [-0.15, -0.1) is 0 Å². The highest BCUT2D eigenvalue weighted by atomic mass is 16.5. The van der Waals surface area contributed by atoms with Crippen molar-refractivity contribution in [2.45, 2.75) is 53.2 Å². The van der Waals surface area contributed by atoms with E-state index in [9.17, 15) is 9.59 Å². The smallest absolute Gasteiger partial charge is 0.261 e. The van der Waals surface area contributed by atoms with Crippen LogP contribution in [-0.2, 0) is 16.1 Å². The van der Waals surface area contributed by atoms with Gasteiger partial charge in [-0.25, -0.2) is 0 Å². The lowest BCUT2D eigenvalue weighted by atomic mass is 10.1. The molecule has 6 nitrogen and oxygen atoms in total. The Balaban J connectivity index is 2.21. The zero-order valence-corrected chi connectivity index (χ0v) is 18.7. The third kappa shape index (κ3) is 6.51. The number of carbonyl (C=O) groups excluding carboxylic acids is 2. The molecule has 2 aromatic rings. The Hall–Kier alpha value is -3.02. The number of nitrogens with zero attached hydrogens (tertiary/aromatic N) is 1. The first-order chi connectivity index (χ1) is 14.2. The van der Waals surface area contributed by atoms with Crippen LogP contribution in [0.1, 0.15) is 37.5 Å². The van der Waals surface area contributed by atoms with Crippen molar-refractivity contribution in [2.75, 3.05) is 13.7 Å². The number of carbonyl (C=O) groups is 2. The lowest BCUT2D eigenvalue weighted by molar-refractivity contribution is -0.142. The Morgan fingerprint density at radius 3 is 2.47 bits per heavy atom. The van der Waals surface area contributed by atoms with Crippen LogP contribution in [0.2, 0.25) is 0 Å². The summed E-state index contributed by atoms with van der Waals surface area (Å²) in [5, 5.41) is 2.88. The number of benzene rings is 2. The first-order valence-corrected chi connectivity index (χ1v) is 10.1. The number of ether oxygens (including phenoxy) is 2. The topological polar surface area (TPSA) is 67.9 Å². The molecule has 0 aliphatic heterocycles. The van der Waals surface area contributed by atoms with Crippen LogP contribution in [-0.4, -0.2) is 42.5 Å². The molecule has 1 atom stereocenters. The largest absolute Gasteiger partial charge is 0.497 e. The lowest BCUT2D eigenvalue weighted by Crippen LogP contribution is -2.50. The molecule has 0 aliphatic carbocycles. The molecule has 1 N–H and O–H groups in total. The average Bonchev–Trinajstić information content (AvgIpc) is 2.71. The summed E-state index contributed by atoms with van der Waals surface area (Å²) in [7, 11) is 1.60. The van der Waals surface area contributed by atoms with Crippen LogP contribution in [0.4, 0.5) is 0 Å². The van der Waals surface area contributed by atoms with Gasteiger partial charge in [0.1, 0.15) is 17.5 Å². The normalized spacial score (nSPS) is 11.7. The molecule has 0 spiro atoms. The van der Waals surface area contributed by atoms with Gasteiger partial charge in [0.15, 0.2) is 6.61 Å². The van der Waals surface area contributed by atoms with Gasteiger partial charge in [-0.1, -0.05) is 24.3 Å². The van der Waals surface area contributed by atoms with Crippen molar-refractivity contribution in [3.05, 3.63) is 59.2 Å². The molecule has 0 saturated carbocycles. The summed E-state index contributed by atoms with van der Waals surface area (Å²) >= 11 is 0. The van der Waals surface area contributed by atoms with Gasteiger partial charge >= 0.3 is 0 Å².